The van der Waals surface area contributed by atoms with E-state index in [0.29, 0.717) is 0 Å². The molecule has 19 heavy (non-hydrogen) atoms. The van der Waals surface area contributed by atoms with Gasteiger partial charge in [0.2, 0.25) is 5.69 Å². The minimum atomic E-state index is 0.790. The number of benzene rings is 1. The smallest absolute Gasteiger partial charge is 0.200 e. The number of rotatable bonds is 1. The first-order valence-corrected chi connectivity index (χ1v) is 7.02. The number of fused-ring (bicyclic) bond motifs is 2. The van der Waals surface area contributed by atoms with Gasteiger partial charge in [0.15, 0.2) is 6.20 Å². The lowest BCUT2D eigenvalue weighted by molar-refractivity contribution is -0.661. The van der Waals surface area contributed by atoms with Gasteiger partial charge in [-0.15, -0.1) is 0 Å². The highest BCUT2D eigenvalue weighted by Gasteiger charge is 2.35. The van der Waals surface area contributed by atoms with E-state index in [4.69, 9.17) is 0 Å². The Morgan fingerprint density at radius 3 is 2.68 bits per heavy atom. The predicted octanol–water partition coefficient (Wildman–Crippen LogP) is 1.70. The molecule has 2 atom stereocenters. The SMILES string of the molecule is Cc1ccccc1-c1c2c(cc[n+]1C)=CC1CC1C=2. The van der Waals surface area contributed by atoms with Crippen molar-refractivity contribution in [3.8, 4) is 11.3 Å². The van der Waals surface area contributed by atoms with Crippen LogP contribution in [0.1, 0.15) is 12.0 Å². The largest absolute Gasteiger partial charge is 0.220 e. The quantitative estimate of drug-likeness (QED) is 0.676. The Balaban J connectivity index is 2.10. The normalized spacial score (nSPS) is 22.8. The monoisotopic (exact) mass is 248 g/mol. The van der Waals surface area contributed by atoms with Crippen LogP contribution in [0.5, 0.6) is 0 Å². The van der Waals surface area contributed by atoms with Crippen molar-refractivity contribution in [1.82, 2.24) is 0 Å². The first-order valence-electron chi connectivity index (χ1n) is 7.02. The second-order valence-corrected chi connectivity index (χ2v) is 5.86. The van der Waals surface area contributed by atoms with Crippen LogP contribution < -0.4 is 15.0 Å². The van der Waals surface area contributed by atoms with Gasteiger partial charge in [0.05, 0.1) is 5.22 Å². The zero-order valence-corrected chi connectivity index (χ0v) is 11.4. The Bertz CT molecular complexity index is 786. The van der Waals surface area contributed by atoms with Gasteiger partial charge in [0.1, 0.15) is 7.05 Å². The lowest BCUT2D eigenvalue weighted by atomic mass is 9.99. The van der Waals surface area contributed by atoms with Crippen LogP contribution in [0.2, 0.25) is 0 Å². The van der Waals surface area contributed by atoms with E-state index >= 15 is 0 Å². The molecule has 1 heteroatoms. The molecule has 0 saturated heterocycles. The van der Waals surface area contributed by atoms with Gasteiger partial charge in [-0.3, -0.25) is 0 Å². The fourth-order valence-corrected chi connectivity index (χ4v) is 3.24. The van der Waals surface area contributed by atoms with Crippen LogP contribution in [0.15, 0.2) is 36.5 Å². The van der Waals surface area contributed by atoms with Crippen molar-refractivity contribution in [3.63, 3.8) is 0 Å². The first kappa shape index (κ1) is 11.0. The van der Waals surface area contributed by atoms with Crippen LogP contribution in [-0.4, -0.2) is 0 Å². The maximum absolute atomic E-state index is 2.49. The molecule has 1 fully saturated rings. The van der Waals surface area contributed by atoms with E-state index in [-0.39, 0.29) is 0 Å². The molecule has 4 rings (SSSR count). The summed E-state index contributed by atoms with van der Waals surface area (Å²) >= 11 is 0. The summed E-state index contributed by atoms with van der Waals surface area (Å²) in [4.78, 5) is 0. The number of aryl methyl sites for hydroxylation is 2. The van der Waals surface area contributed by atoms with Gasteiger partial charge < -0.3 is 0 Å². The summed E-state index contributed by atoms with van der Waals surface area (Å²) in [5.41, 5.74) is 4.06. The van der Waals surface area contributed by atoms with Gasteiger partial charge in [0.25, 0.3) is 0 Å². The molecule has 1 heterocycles. The van der Waals surface area contributed by atoms with Gasteiger partial charge in [-0.1, -0.05) is 30.4 Å². The molecule has 1 aromatic carbocycles. The molecule has 0 N–H and O–H groups in total. The molecule has 0 radical (unpaired) electrons. The number of hydrogen-bond donors (Lipinski definition) is 0. The van der Waals surface area contributed by atoms with Crippen LogP contribution in [0.25, 0.3) is 23.4 Å². The van der Waals surface area contributed by atoms with Gasteiger partial charge in [-0.05, 0) is 42.0 Å². The Labute approximate surface area is 113 Å². The molecular weight excluding hydrogens is 230 g/mol. The number of hydrogen-bond acceptors (Lipinski definition) is 0. The summed E-state index contributed by atoms with van der Waals surface area (Å²) in [6.45, 7) is 2.20. The third-order valence-electron chi connectivity index (χ3n) is 4.46. The average Bonchev–Trinajstić information content (AvgIpc) is 3.16. The molecule has 0 bridgehead atoms. The third kappa shape index (κ3) is 1.65. The van der Waals surface area contributed by atoms with E-state index in [1.165, 1.54) is 33.7 Å². The summed E-state index contributed by atoms with van der Waals surface area (Å²) < 4.78 is 2.26. The van der Waals surface area contributed by atoms with Crippen molar-refractivity contribution in [3.05, 3.63) is 52.5 Å². The molecule has 2 aliphatic carbocycles. The number of pyridine rings is 1. The van der Waals surface area contributed by atoms with Crippen molar-refractivity contribution in [2.45, 2.75) is 13.3 Å². The molecule has 2 aromatic rings. The van der Waals surface area contributed by atoms with E-state index < -0.39 is 0 Å². The molecule has 0 spiro atoms. The molecule has 1 nitrogen and oxygen atoms in total. The summed E-state index contributed by atoms with van der Waals surface area (Å²) in [6, 6.07) is 10.9. The van der Waals surface area contributed by atoms with E-state index in [2.05, 4.69) is 67.2 Å². The van der Waals surface area contributed by atoms with Crippen molar-refractivity contribution in [2.24, 2.45) is 18.9 Å². The van der Waals surface area contributed by atoms with Crippen LogP contribution >= 0.6 is 0 Å². The predicted molar refractivity (Wildman–Crippen MR) is 77.6 cm³/mol. The fraction of sp³-hybridized carbons (Fsp3) is 0.278. The highest BCUT2D eigenvalue weighted by molar-refractivity contribution is 5.65. The molecule has 2 unspecified atom stereocenters. The second-order valence-electron chi connectivity index (χ2n) is 5.86. The number of nitrogens with zero attached hydrogens (tertiary/aromatic N) is 1. The molecule has 94 valence electrons. The lowest BCUT2D eigenvalue weighted by Gasteiger charge is -2.07. The zero-order valence-electron chi connectivity index (χ0n) is 11.4. The third-order valence-corrected chi connectivity index (χ3v) is 4.46. The molecule has 1 aromatic heterocycles. The maximum atomic E-state index is 2.49. The van der Waals surface area contributed by atoms with Crippen LogP contribution in [0.4, 0.5) is 0 Å². The number of aromatic nitrogens is 1. The Morgan fingerprint density at radius 1 is 1.05 bits per heavy atom. The average molecular weight is 248 g/mol. The van der Waals surface area contributed by atoms with Crippen LogP contribution in [0, 0.1) is 18.8 Å². The van der Waals surface area contributed by atoms with E-state index in [1.807, 2.05) is 0 Å². The summed E-state index contributed by atoms with van der Waals surface area (Å²) in [5, 5.41) is 2.84. The second kappa shape index (κ2) is 3.80. The van der Waals surface area contributed by atoms with Gasteiger partial charge in [-0.2, -0.15) is 0 Å². The maximum Gasteiger partial charge on any atom is 0.220 e. The zero-order chi connectivity index (χ0) is 13.0. The Morgan fingerprint density at radius 2 is 1.84 bits per heavy atom. The standard InChI is InChI=1S/C18H18N/c1-12-5-3-4-6-16(12)18-17-11-15-10-14(15)9-13(17)7-8-19(18)2/h3-9,11,14-15H,10H2,1-2H3/q+1. The topological polar surface area (TPSA) is 3.88 Å². The van der Waals surface area contributed by atoms with Crippen molar-refractivity contribution < 1.29 is 4.57 Å². The lowest BCUT2D eigenvalue weighted by Crippen LogP contribution is -2.44. The summed E-state index contributed by atoms with van der Waals surface area (Å²) in [7, 11) is 2.15. The van der Waals surface area contributed by atoms with Crippen LogP contribution in [0.3, 0.4) is 0 Å². The summed E-state index contributed by atoms with van der Waals surface area (Å²) in [6.07, 6.45) is 8.48. The highest BCUT2D eigenvalue weighted by atomic mass is 14.9. The molecule has 2 aliphatic rings. The Kier molecular flexibility index (Phi) is 2.20. The van der Waals surface area contributed by atoms with Gasteiger partial charge in [-0.25, -0.2) is 4.57 Å². The first-order chi connectivity index (χ1) is 9.24. The molecule has 0 aliphatic heterocycles. The van der Waals surface area contributed by atoms with Gasteiger partial charge in [0, 0.05) is 11.6 Å². The highest BCUT2D eigenvalue weighted by Crippen LogP contribution is 2.42. The molecule has 1 saturated carbocycles. The van der Waals surface area contributed by atoms with Crippen LogP contribution in [-0.2, 0) is 7.05 Å². The van der Waals surface area contributed by atoms with Gasteiger partial charge >= 0.3 is 0 Å². The minimum absolute atomic E-state index is 0.790. The Hall–Kier alpha value is -1.89. The van der Waals surface area contributed by atoms with E-state index in [1.54, 1.807) is 0 Å². The minimum Gasteiger partial charge on any atom is -0.200 e. The summed E-state index contributed by atoms with van der Waals surface area (Å²) in [5.74, 6) is 1.60. The van der Waals surface area contributed by atoms with E-state index in [0.717, 1.165) is 11.8 Å². The van der Waals surface area contributed by atoms with Crippen molar-refractivity contribution >= 4 is 12.2 Å². The fourth-order valence-electron chi connectivity index (χ4n) is 3.24. The van der Waals surface area contributed by atoms with Crippen molar-refractivity contribution in [1.29, 1.82) is 0 Å². The molecular formula is C18H18N+. The van der Waals surface area contributed by atoms with E-state index in [9.17, 15) is 0 Å². The molecule has 0 amide bonds. The van der Waals surface area contributed by atoms with Crippen molar-refractivity contribution in [2.75, 3.05) is 0 Å².